The molecule has 0 spiro atoms. The van der Waals surface area contributed by atoms with Crippen LogP contribution in [-0.2, 0) is 10.2 Å². The second-order valence-electron chi connectivity index (χ2n) is 7.08. The zero-order chi connectivity index (χ0) is 18.3. The number of unbranched alkanes of at least 4 members (excludes halogenated alkanes) is 3. The van der Waals surface area contributed by atoms with E-state index >= 15 is 0 Å². The van der Waals surface area contributed by atoms with Crippen molar-refractivity contribution >= 4 is 5.97 Å². The van der Waals surface area contributed by atoms with E-state index in [2.05, 4.69) is 11.7 Å². The maximum absolute atomic E-state index is 12.3. The number of hydrogen-bond acceptors (Lipinski definition) is 2. The molecular formula is C20H28F2O3. The first-order chi connectivity index (χ1) is 12.0. The number of carbonyl (C=O) groups is 1. The van der Waals surface area contributed by atoms with Crippen molar-refractivity contribution in [3.05, 3.63) is 29.8 Å². The molecule has 1 aliphatic carbocycles. The highest BCUT2D eigenvalue weighted by atomic mass is 19.3. The van der Waals surface area contributed by atoms with Crippen molar-refractivity contribution in [2.24, 2.45) is 5.92 Å². The van der Waals surface area contributed by atoms with E-state index in [1.165, 1.54) is 44.2 Å². The predicted octanol–water partition coefficient (Wildman–Crippen LogP) is 5.77. The lowest BCUT2D eigenvalue weighted by molar-refractivity contribution is -0.145. The summed E-state index contributed by atoms with van der Waals surface area (Å²) in [6.45, 7) is -0.679. The molecule has 140 valence electrons. The van der Waals surface area contributed by atoms with E-state index in [9.17, 15) is 18.7 Å². The van der Waals surface area contributed by atoms with Crippen LogP contribution in [0.5, 0.6) is 5.75 Å². The number of benzene rings is 1. The summed E-state index contributed by atoms with van der Waals surface area (Å²) in [5.41, 5.74) is -0.213. The first-order valence-electron chi connectivity index (χ1n) is 9.26. The number of aliphatic carboxylic acids is 1. The molecule has 1 aromatic rings. The third-order valence-electron chi connectivity index (χ3n) is 5.47. The van der Waals surface area contributed by atoms with Gasteiger partial charge in [-0.1, -0.05) is 51.2 Å². The number of hydrogen-bond donors (Lipinski definition) is 1. The molecule has 1 fully saturated rings. The smallest absolute Gasteiger partial charge is 0.387 e. The average Bonchev–Trinajstić information content (AvgIpc) is 2.59. The third kappa shape index (κ3) is 5.16. The molecule has 1 saturated carbocycles. The number of alkyl halides is 2. The number of rotatable bonds is 9. The Balaban J connectivity index is 2.00. The van der Waals surface area contributed by atoms with Gasteiger partial charge in [0, 0.05) is 0 Å². The van der Waals surface area contributed by atoms with Gasteiger partial charge in [-0.3, -0.25) is 4.79 Å². The molecule has 25 heavy (non-hydrogen) atoms. The molecule has 5 heteroatoms. The van der Waals surface area contributed by atoms with Crippen LogP contribution in [0.15, 0.2) is 24.3 Å². The molecule has 1 aromatic carbocycles. The Bertz CT molecular complexity index is 534. The fraction of sp³-hybridized carbons (Fsp3) is 0.650. The zero-order valence-electron chi connectivity index (χ0n) is 14.8. The quantitative estimate of drug-likeness (QED) is 0.573. The van der Waals surface area contributed by atoms with Gasteiger partial charge in [0.05, 0.1) is 5.41 Å². The molecular weight excluding hydrogens is 326 g/mol. The first-order valence-corrected chi connectivity index (χ1v) is 9.26. The second kappa shape index (κ2) is 9.16. The third-order valence-corrected chi connectivity index (χ3v) is 5.47. The molecule has 0 radical (unpaired) electrons. The van der Waals surface area contributed by atoms with Gasteiger partial charge in [-0.15, -0.1) is 0 Å². The molecule has 0 heterocycles. The number of carboxylic acid groups (broad SMARTS) is 1. The number of ether oxygens (including phenoxy) is 1. The van der Waals surface area contributed by atoms with Gasteiger partial charge in [-0.2, -0.15) is 8.78 Å². The lowest BCUT2D eigenvalue weighted by Gasteiger charge is -2.37. The van der Waals surface area contributed by atoms with Crippen molar-refractivity contribution in [3.63, 3.8) is 0 Å². The average molecular weight is 354 g/mol. The van der Waals surface area contributed by atoms with E-state index in [4.69, 9.17) is 0 Å². The molecule has 1 aliphatic rings. The maximum atomic E-state index is 12.3. The van der Waals surface area contributed by atoms with Crippen LogP contribution in [0.3, 0.4) is 0 Å². The fourth-order valence-corrected chi connectivity index (χ4v) is 3.90. The predicted molar refractivity (Wildman–Crippen MR) is 93.1 cm³/mol. The lowest BCUT2D eigenvalue weighted by Crippen LogP contribution is -2.39. The van der Waals surface area contributed by atoms with Gasteiger partial charge in [-0.25, -0.2) is 0 Å². The number of carboxylic acids is 1. The summed E-state index contributed by atoms with van der Waals surface area (Å²) in [6.07, 6.45) is 9.17. The van der Waals surface area contributed by atoms with Crippen LogP contribution in [-0.4, -0.2) is 17.7 Å². The van der Waals surface area contributed by atoms with Crippen LogP contribution >= 0.6 is 0 Å². The van der Waals surface area contributed by atoms with Crippen molar-refractivity contribution in [2.75, 3.05) is 0 Å². The summed E-state index contributed by atoms with van der Waals surface area (Å²) in [5.74, 6) is -0.158. The van der Waals surface area contributed by atoms with Gasteiger partial charge in [0.1, 0.15) is 5.75 Å². The van der Waals surface area contributed by atoms with E-state index in [1.54, 1.807) is 12.1 Å². The molecule has 0 aromatic heterocycles. The van der Waals surface area contributed by atoms with Gasteiger partial charge < -0.3 is 9.84 Å². The number of halogens is 2. The molecule has 1 N–H and O–H groups in total. The standard InChI is InChI=1S/C20H28F2O3/c1-2-3-4-5-6-15-11-13-20(14-12-15,18(23)24)16-7-9-17(10-8-16)25-19(21)22/h7-10,15,19H,2-6,11-14H2,1H3,(H,23,24). The van der Waals surface area contributed by atoms with E-state index < -0.39 is 18.0 Å². The summed E-state index contributed by atoms with van der Waals surface area (Å²) >= 11 is 0. The Kier molecular flexibility index (Phi) is 7.21. The molecule has 0 aliphatic heterocycles. The minimum Gasteiger partial charge on any atom is -0.481 e. The van der Waals surface area contributed by atoms with Crippen LogP contribution in [0.4, 0.5) is 8.78 Å². The molecule has 0 bridgehead atoms. The summed E-state index contributed by atoms with van der Waals surface area (Å²) in [7, 11) is 0. The van der Waals surface area contributed by atoms with Gasteiger partial charge in [0.25, 0.3) is 0 Å². The lowest BCUT2D eigenvalue weighted by atomic mass is 9.66. The van der Waals surface area contributed by atoms with Crippen molar-refractivity contribution in [2.45, 2.75) is 76.7 Å². The van der Waals surface area contributed by atoms with E-state index in [0.717, 1.165) is 12.8 Å². The fourth-order valence-electron chi connectivity index (χ4n) is 3.90. The highest BCUT2D eigenvalue weighted by molar-refractivity contribution is 5.81. The van der Waals surface area contributed by atoms with Crippen LogP contribution in [0.1, 0.15) is 70.3 Å². The Morgan fingerprint density at radius 1 is 1.20 bits per heavy atom. The molecule has 3 nitrogen and oxygen atoms in total. The molecule has 2 rings (SSSR count). The van der Waals surface area contributed by atoms with E-state index in [-0.39, 0.29) is 5.75 Å². The van der Waals surface area contributed by atoms with Crippen LogP contribution in [0, 0.1) is 5.92 Å². The zero-order valence-corrected chi connectivity index (χ0v) is 14.8. The summed E-state index contributed by atoms with van der Waals surface area (Å²) in [4.78, 5) is 12.0. The van der Waals surface area contributed by atoms with E-state index in [1.807, 2.05) is 0 Å². The molecule has 0 unspecified atom stereocenters. The van der Waals surface area contributed by atoms with Crippen molar-refractivity contribution in [3.8, 4) is 5.75 Å². The van der Waals surface area contributed by atoms with Crippen LogP contribution < -0.4 is 4.74 Å². The van der Waals surface area contributed by atoms with Crippen molar-refractivity contribution in [1.29, 1.82) is 0 Å². The van der Waals surface area contributed by atoms with E-state index in [0.29, 0.717) is 24.3 Å². The Morgan fingerprint density at radius 2 is 1.84 bits per heavy atom. The Labute approximate surface area is 148 Å². The van der Waals surface area contributed by atoms with Gasteiger partial charge >= 0.3 is 12.6 Å². The monoisotopic (exact) mass is 354 g/mol. The van der Waals surface area contributed by atoms with Gasteiger partial charge in [-0.05, 0) is 49.3 Å². The van der Waals surface area contributed by atoms with Crippen molar-refractivity contribution in [1.82, 2.24) is 0 Å². The summed E-state index contributed by atoms with van der Waals surface area (Å²) < 4.78 is 28.9. The van der Waals surface area contributed by atoms with Gasteiger partial charge in [0.15, 0.2) is 0 Å². The van der Waals surface area contributed by atoms with Crippen LogP contribution in [0.25, 0.3) is 0 Å². The topological polar surface area (TPSA) is 46.5 Å². The second-order valence-corrected chi connectivity index (χ2v) is 7.08. The summed E-state index contributed by atoms with van der Waals surface area (Å²) in [6, 6.07) is 6.10. The summed E-state index contributed by atoms with van der Waals surface area (Å²) in [5, 5.41) is 9.84. The Morgan fingerprint density at radius 3 is 2.36 bits per heavy atom. The highest BCUT2D eigenvalue weighted by Gasteiger charge is 2.43. The highest BCUT2D eigenvalue weighted by Crippen LogP contribution is 2.43. The molecule has 0 amide bonds. The molecule has 0 saturated heterocycles. The van der Waals surface area contributed by atoms with Crippen LogP contribution in [0.2, 0.25) is 0 Å². The first kappa shape index (κ1) is 19.7. The minimum absolute atomic E-state index is 0.0592. The SMILES string of the molecule is CCCCCCC1CCC(C(=O)O)(c2ccc(OC(F)F)cc2)CC1. The molecule has 0 atom stereocenters. The van der Waals surface area contributed by atoms with Gasteiger partial charge in [0.2, 0.25) is 0 Å². The normalized spacial score (nSPS) is 23.6. The largest absolute Gasteiger partial charge is 0.481 e. The minimum atomic E-state index is -2.87. The maximum Gasteiger partial charge on any atom is 0.387 e. The van der Waals surface area contributed by atoms with Crippen molar-refractivity contribution < 1.29 is 23.4 Å². The Hall–Kier alpha value is -1.65.